The molecule has 1 aliphatic heterocycles. The van der Waals surface area contributed by atoms with Crippen molar-refractivity contribution in [2.45, 2.75) is 26.3 Å². The number of carbonyl (C=O) groups excluding carboxylic acids is 1. The molecule has 0 radical (unpaired) electrons. The fourth-order valence-corrected chi connectivity index (χ4v) is 3.80. The highest BCUT2D eigenvalue weighted by atomic mass is 19.1. The fraction of sp³-hybridized carbons (Fsp3) is 0.292. The molecule has 0 unspecified atom stereocenters. The topological polar surface area (TPSA) is 58.1 Å². The van der Waals surface area contributed by atoms with Crippen LogP contribution in [0.5, 0.6) is 0 Å². The van der Waals surface area contributed by atoms with Gasteiger partial charge in [-0.1, -0.05) is 36.4 Å². The molecule has 1 saturated heterocycles. The van der Waals surface area contributed by atoms with Crippen LogP contribution in [0.25, 0.3) is 11.3 Å². The number of nitrogens with one attached hydrogen (secondary N) is 1. The van der Waals surface area contributed by atoms with Gasteiger partial charge in [-0.3, -0.25) is 4.79 Å². The van der Waals surface area contributed by atoms with Gasteiger partial charge in [-0.05, 0) is 55.2 Å². The second-order valence-corrected chi connectivity index (χ2v) is 7.70. The molecular formula is C24H25FN4O. The first-order valence-corrected chi connectivity index (χ1v) is 10.3. The number of rotatable bonds is 5. The van der Waals surface area contributed by atoms with Gasteiger partial charge in [0.2, 0.25) is 5.91 Å². The van der Waals surface area contributed by atoms with Gasteiger partial charge >= 0.3 is 0 Å². The van der Waals surface area contributed by atoms with Gasteiger partial charge in [-0.2, -0.15) is 0 Å². The summed E-state index contributed by atoms with van der Waals surface area (Å²) in [6.07, 6.45) is 1.55. The van der Waals surface area contributed by atoms with E-state index in [0.29, 0.717) is 6.54 Å². The average Bonchev–Trinajstić information content (AvgIpc) is 2.79. The zero-order chi connectivity index (χ0) is 20.9. The van der Waals surface area contributed by atoms with Crippen LogP contribution in [0.4, 0.5) is 10.2 Å². The van der Waals surface area contributed by atoms with E-state index < -0.39 is 0 Å². The summed E-state index contributed by atoms with van der Waals surface area (Å²) in [4.78, 5) is 14.7. The molecule has 2 aromatic carbocycles. The zero-order valence-electron chi connectivity index (χ0n) is 17.0. The Hall–Kier alpha value is -3.28. The number of halogens is 1. The quantitative estimate of drug-likeness (QED) is 0.695. The minimum Gasteiger partial charge on any atom is -0.355 e. The van der Waals surface area contributed by atoms with Gasteiger partial charge in [0.15, 0.2) is 5.82 Å². The number of aryl methyl sites for hydroxylation is 1. The Labute approximate surface area is 176 Å². The minimum atomic E-state index is -0.271. The molecule has 0 saturated carbocycles. The third kappa shape index (κ3) is 4.64. The molecule has 154 valence electrons. The van der Waals surface area contributed by atoms with Crippen molar-refractivity contribution in [3.05, 3.63) is 77.6 Å². The highest BCUT2D eigenvalue weighted by Gasteiger charge is 2.25. The normalized spacial score (nSPS) is 14.5. The lowest BCUT2D eigenvalue weighted by Gasteiger charge is -2.31. The second kappa shape index (κ2) is 9.03. The summed E-state index contributed by atoms with van der Waals surface area (Å²) in [5.41, 5.74) is 4.03. The molecule has 1 aliphatic rings. The molecule has 0 aliphatic carbocycles. The van der Waals surface area contributed by atoms with E-state index in [4.69, 9.17) is 0 Å². The van der Waals surface area contributed by atoms with Crippen LogP contribution in [-0.2, 0) is 11.3 Å². The van der Waals surface area contributed by atoms with Crippen LogP contribution >= 0.6 is 0 Å². The molecular weight excluding hydrogens is 379 g/mol. The first kappa shape index (κ1) is 20.0. The van der Waals surface area contributed by atoms with Crippen LogP contribution in [0, 0.1) is 18.7 Å². The molecule has 5 nitrogen and oxygen atoms in total. The predicted octanol–water partition coefficient (Wildman–Crippen LogP) is 4.12. The molecule has 0 atom stereocenters. The number of carbonyl (C=O) groups is 1. The number of benzene rings is 2. The van der Waals surface area contributed by atoms with E-state index in [0.717, 1.165) is 48.6 Å². The lowest BCUT2D eigenvalue weighted by Crippen LogP contribution is -2.40. The Bertz CT molecular complexity index is 996. The Morgan fingerprint density at radius 3 is 2.43 bits per heavy atom. The number of piperidine rings is 1. The summed E-state index contributed by atoms with van der Waals surface area (Å²) in [5.74, 6) is 0.617. The van der Waals surface area contributed by atoms with E-state index in [9.17, 15) is 9.18 Å². The highest BCUT2D eigenvalue weighted by Crippen LogP contribution is 2.25. The molecule has 1 N–H and O–H groups in total. The maximum Gasteiger partial charge on any atom is 0.223 e. The first-order chi connectivity index (χ1) is 14.6. The number of anilines is 1. The van der Waals surface area contributed by atoms with Gasteiger partial charge < -0.3 is 10.2 Å². The molecule has 6 heteroatoms. The Morgan fingerprint density at radius 2 is 1.77 bits per heavy atom. The molecule has 30 heavy (non-hydrogen) atoms. The molecule has 0 spiro atoms. The van der Waals surface area contributed by atoms with E-state index in [1.807, 2.05) is 24.3 Å². The lowest BCUT2D eigenvalue weighted by molar-refractivity contribution is -0.125. The van der Waals surface area contributed by atoms with Crippen LogP contribution in [0.3, 0.4) is 0 Å². The SMILES string of the molecule is Cc1ccccc1-c1ccc(N2CCC(C(=O)NCc3ccc(F)cc3)CC2)nn1. The van der Waals surface area contributed by atoms with Crippen molar-refractivity contribution < 1.29 is 9.18 Å². The first-order valence-electron chi connectivity index (χ1n) is 10.3. The van der Waals surface area contributed by atoms with E-state index >= 15 is 0 Å². The van der Waals surface area contributed by atoms with Gasteiger partial charge in [0, 0.05) is 31.1 Å². The molecule has 4 rings (SSSR count). The van der Waals surface area contributed by atoms with E-state index in [-0.39, 0.29) is 17.6 Å². The van der Waals surface area contributed by atoms with E-state index in [1.54, 1.807) is 12.1 Å². The van der Waals surface area contributed by atoms with E-state index in [1.165, 1.54) is 17.7 Å². The lowest BCUT2D eigenvalue weighted by atomic mass is 9.96. The maximum absolute atomic E-state index is 13.0. The zero-order valence-corrected chi connectivity index (χ0v) is 17.0. The summed E-state index contributed by atoms with van der Waals surface area (Å²) in [7, 11) is 0. The van der Waals surface area contributed by atoms with Crippen molar-refractivity contribution in [2.24, 2.45) is 5.92 Å². The summed E-state index contributed by atoms with van der Waals surface area (Å²) >= 11 is 0. The number of nitrogens with zero attached hydrogens (tertiary/aromatic N) is 3. The summed E-state index contributed by atoms with van der Waals surface area (Å²) in [6.45, 7) is 4.03. The Balaban J connectivity index is 1.30. The van der Waals surface area contributed by atoms with Crippen LogP contribution < -0.4 is 10.2 Å². The van der Waals surface area contributed by atoms with Crippen molar-refractivity contribution in [2.75, 3.05) is 18.0 Å². The van der Waals surface area contributed by atoms with Gasteiger partial charge in [0.25, 0.3) is 0 Å². The van der Waals surface area contributed by atoms with Crippen LogP contribution in [0.15, 0.2) is 60.7 Å². The standard InChI is InChI=1S/C24H25FN4O/c1-17-4-2-3-5-21(17)22-10-11-23(28-27-22)29-14-12-19(13-15-29)24(30)26-16-18-6-8-20(25)9-7-18/h2-11,19H,12-16H2,1H3,(H,26,30). The number of hydrogen-bond donors (Lipinski definition) is 1. The van der Waals surface area contributed by atoms with Crippen LogP contribution in [0.2, 0.25) is 0 Å². The van der Waals surface area contributed by atoms with Gasteiger partial charge in [-0.15, -0.1) is 10.2 Å². The van der Waals surface area contributed by atoms with Crippen molar-refractivity contribution in [1.82, 2.24) is 15.5 Å². The number of aromatic nitrogens is 2. The fourth-order valence-electron chi connectivity index (χ4n) is 3.80. The Morgan fingerprint density at radius 1 is 1.03 bits per heavy atom. The van der Waals surface area contributed by atoms with Crippen molar-refractivity contribution in [1.29, 1.82) is 0 Å². The maximum atomic E-state index is 13.0. The van der Waals surface area contributed by atoms with Crippen LogP contribution in [-0.4, -0.2) is 29.2 Å². The summed E-state index contributed by atoms with van der Waals surface area (Å²) in [6, 6.07) is 18.3. The number of amides is 1. The van der Waals surface area contributed by atoms with Crippen LogP contribution in [0.1, 0.15) is 24.0 Å². The average molecular weight is 404 g/mol. The third-order valence-corrected chi connectivity index (χ3v) is 5.64. The second-order valence-electron chi connectivity index (χ2n) is 7.70. The van der Waals surface area contributed by atoms with Crippen molar-refractivity contribution in [3.8, 4) is 11.3 Å². The largest absolute Gasteiger partial charge is 0.355 e. The molecule has 0 bridgehead atoms. The molecule has 3 aromatic rings. The number of hydrogen-bond acceptors (Lipinski definition) is 4. The summed E-state index contributed by atoms with van der Waals surface area (Å²) in [5, 5.41) is 11.8. The minimum absolute atomic E-state index is 0.0131. The Kier molecular flexibility index (Phi) is 6.02. The third-order valence-electron chi connectivity index (χ3n) is 5.64. The predicted molar refractivity (Wildman–Crippen MR) is 115 cm³/mol. The highest BCUT2D eigenvalue weighted by molar-refractivity contribution is 5.79. The van der Waals surface area contributed by atoms with Gasteiger partial charge in [0.1, 0.15) is 5.82 Å². The van der Waals surface area contributed by atoms with E-state index in [2.05, 4.69) is 39.5 Å². The smallest absolute Gasteiger partial charge is 0.223 e. The van der Waals surface area contributed by atoms with Crippen molar-refractivity contribution >= 4 is 11.7 Å². The van der Waals surface area contributed by atoms with Crippen molar-refractivity contribution in [3.63, 3.8) is 0 Å². The van der Waals surface area contributed by atoms with Gasteiger partial charge in [0.05, 0.1) is 5.69 Å². The van der Waals surface area contributed by atoms with Gasteiger partial charge in [-0.25, -0.2) is 4.39 Å². The summed E-state index contributed by atoms with van der Waals surface area (Å²) < 4.78 is 13.0. The monoisotopic (exact) mass is 404 g/mol. The molecule has 1 fully saturated rings. The molecule has 1 aromatic heterocycles. The molecule has 1 amide bonds. The molecule has 2 heterocycles.